The Kier molecular flexibility index (Phi) is 6.56. The Balaban J connectivity index is 1.33. The molecule has 51 heavy (non-hydrogen) atoms. The Morgan fingerprint density at radius 3 is 1.92 bits per heavy atom. The lowest BCUT2D eigenvalue weighted by atomic mass is 9.81. The van der Waals surface area contributed by atoms with Crippen molar-refractivity contribution in [2.45, 2.75) is 19.3 Å². The third-order valence-corrected chi connectivity index (χ3v) is 10.9. The summed E-state index contributed by atoms with van der Waals surface area (Å²) in [7, 11) is 0. The van der Waals surface area contributed by atoms with Gasteiger partial charge in [-0.25, -0.2) is 0 Å². The molecular weight excluding hydrogens is 619 g/mol. The quantitative estimate of drug-likeness (QED) is 0.184. The van der Waals surface area contributed by atoms with Gasteiger partial charge in [0.1, 0.15) is 11.2 Å². The third kappa shape index (κ3) is 4.50. The second-order valence-corrected chi connectivity index (χ2v) is 14.1. The summed E-state index contributed by atoms with van der Waals surface area (Å²) in [5.74, 6) is 0. The summed E-state index contributed by atoms with van der Waals surface area (Å²) in [6.07, 6.45) is 0. The highest BCUT2D eigenvalue weighted by atomic mass is 16.3. The number of fused-ring (bicyclic) bond motifs is 7. The fraction of sp³-hybridized carbons (Fsp3) is 0.0612. The second-order valence-electron chi connectivity index (χ2n) is 14.1. The molecule has 8 aromatic carbocycles. The first kappa shape index (κ1) is 29.5. The fourth-order valence-electron chi connectivity index (χ4n) is 8.44. The van der Waals surface area contributed by atoms with E-state index >= 15 is 0 Å². The van der Waals surface area contributed by atoms with Crippen molar-refractivity contribution in [1.29, 1.82) is 0 Å². The lowest BCUT2D eigenvalue weighted by Gasteiger charge is -2.32. The highest BCUT2D eigenvalue weighted by Crippen LogP contribution is 2.57. The Morgan fingerprint density at radius 2 is 1.08 bits per heavy atom. The molecule has 0 saturated carbocycles. The smallest absolute Gasteiger partial charge is 0.137 e. The van der Waals surface area contributed by atoms with Gasteiger partial charge in [-0.05, 0) is 69.1 Å². The van der Waals surface area contributed by atoms with Gasteiger partial charge in [0.15, 0.2) is 0 Å². The van der Waals surface area contributed by atoms with Crippen molar-refractivity contribution in [3.8, 4) is 33.4 Å². The van der Waals surface area contributed by atoms with E-state index in [4.69, 9.17) is 4.42 Å². The Bertz CT molecular complexity index is 2790. The maximum Gasteiger partial charge on any atom is 0.137 e. The standard InChI is InChI=1S/C49H35NO/c1-49(2)42-25-13-10-24-41(42)47-43(49)30-33-18-6-7-20-36(33)48(47)50(34-28-29-40-39-23-12-15-27-45(39)51-46(40)31-34)44-26-14-11-22-38(44)37-21-9-8-19-35(37)32-16-4-3-5-17-32/h3-31H,1-2H3. The average molecular weight is 654 g/mol. The first-order valence-corrected chi connectivity index (χ1v) is 17.7. The molecule has 0 aliphatic heterocycles. The van der Waals surface area contributed by atoms with Crippen LogP contribution in [-0.4, -0.2) is 0 Å². The van der Waals surface area contributed by atoms with Crippen molar-refractivity contribution >= 4 is 49.8 Å². The Hall–Kier alpha value is -6.38. The van der Waals surface area contributed by atoms with E-state index in [2.05, 4.69) is 189 Å². The molecule has 1 aliphatic carbocycles. The zero-order chi connectivity index (χ0) is 34.1. The van der Waals surface area contributed by atoms with Gasteiger partial charge >= 0.3 is 0 Å². The maximum absolute atomic E-state index is 6.55. The van der Waals surface area contributed by atoms with Gasteiger partial charge in [0.25, 0.3) is 0 Å². The molecule has 1 heterocycles. The molecule has 242 valence electrons. The van der Waals surface area contributed by atoms with Gasteiger partial charge in [0, 0.05) is 44.5 Å². The van der Waals surface area contributed by atoms with Crippen LogP contribution in [0.15, 0.2) is 180 Å². The second kappa shape index (κ2) is 11.3. The van der Waals surface area contributed by atoms with Gasteiger partial charge in [0.05, 0.1) is 11.4 Å². The number of para-hydroxylation sites is 2. The number of nitrogens with zero attached hydrogens (tertiary/aromatic N) is 1. The monoisotopic (exact) mass is 653 g/mol. The van der Waals surface area contributed by atoms with Crippen LogP contribution in [-0.2, 0) is 5.41 Å². The van der Waals surface area contributed by atoms with Crippen molar-refractivity contribution in [3.63, 3.8) is 0 Å². The molecule has 2 heteroatoms. The molecule has 0 saturated heterocycles. The minimum atomic E-state index is -0.168. The zero-order valence-corrected chi connectivity index (χ0v) is 28.6. The first-order chi connectivity index (χ1) is 25.1. The number of furan rings is 1. The van der Waals surface area contributed by atoms with E-state index in [1.54, 1.807) is 0 Å². The van der Waals surface area contributed by atoms with Crippen LogP contribution in [0.5, 0.6) is 0 Å². The summed E-state index contributed by atoms with van der Waals surface area (Å²) >= 11 is 0. The predicted molar refractivity (Wildman–Crippen MR) is 214 cm³/mol. The molecule has 0 unspecified atom stereocenters. The van der Waals surface area contributed by atoms with Crippen LogP contribution >= 0.6 is 0 Å². The van der Waals surface area contributed by atoms with Crippen LogP contribution in [0.1, 0.15) is 25.0 Å². The van der Waals surface area contributed by atoms with E-state index in [1.165, 1.54) is 55.4 Å². The van der Waals surface area contributed by atoms with Gasteiger partial charge in [-0.3, -0.25) is 0 Å². The molecule has 9 aromatic rings. The van der Waals surface area contributed by atoms with Gasteiger partial charge in [0.2, 0.25) is 0 Å². The molecule has 2 nitrogen and oxygen atoms in total. The fourth-order valence-corrected chi connectivity index (χ4v) is 8.44. The van der Waals surface area contributed by atoms with E-state index < -0.39 is 0 Å². The maximum atomic E-state index is 6.55. The van der Waals surface area contributed by atoms with E-state index in [0.29, 0.717) is 0 Å². The average Bonchev–Trinajstić information content (AvgIpc) is 3.66. The molecule has 1 aromatic heterocycles. The Labute approximate surface area is 297 Å². The SMILES string of the molecule is CC1(C)c2ccccc2-c2c1cc1ccccc1c2N(c1ccc2c(c1)oc1ccccc12)c1ccccc1-c1ccccc1-c1ccccc1. The summed E-state index contributed by atoms with van der Waals surface area (Å²) in [6.45, 7) is 4.73. The van der Waals surface area contributed by atoms with Gasteiger partial charge in [-0.15, -0.1) is 0 Å². The molecule has 0 atom stereocenters. The van der Waals surface area contributed by atoms with E-state index in [0.717, 1.165) is 38.9 Å². The minimum Gasteiger partial charge on any atom is -0.456 e. The number of rotatable bonds is 5. The van der Waals surface area contributed by atoms with E-state index in [9.17, 15) is 0 Å². The van der Waals surface area contributed by atoms with Gasteiger partial charge < -0.3 is 9.32 Å². The van der Waals surface area contributed by atoms with Crippen molar-refractivity contribution in [3.05, 3.63) is 187 Å². The molecule has 0 bridgehead atoms. The molecule has 0 fully saturated rings. The summed E-state index contributed by atoms with van der Waals surface area (Å²) in [4.78, 5) is 2.50. The topological polar surface area (TPSA) is 16.4 Å². The van der Waals surface area contributed by atoms with Crippen molar-refractivity contribution in [2.75, 3.05) is 4.90 Å². The number of hydrogen-bond acceptors (Lipinski definition) is 2. The van der Waals surface area contributed by atoms with Crippen LogP contribution in [0.25, 0.3) is 66.1 Å². The predicted octanol–water partition coefficient (Wildman–Crippen LogP) is 13.8. The highest BCUT2D eigenvalue weighted by molar-refractivity contribution is 6.12. The van der Waals surface area contributed by atoms with Gasteiger partial charge in [-0.1, -0.05) is 153 Å². The van der Waals surface area contributed by atoms with E-state index in [1.807, 2.05) is 6.07 Å². The number of hydrogen-bond donors (Lipinski definition) is 0. The lowest BCUT2D eigenvalue weighted by molar-refractivity contribution is 0.661. The van der Waals surface area contributed by atoms with Crippen LogP contribution in [0, 0.1) is 0 Å². The molecular formula is C49H35NO. The van der Waals surface area contributed by atoms with Crippen LogP contribution in [0.4, 0.5) is 17.1 Å². The summed E-state index contributed by atoms with van der Waals surface area (Å²) < 4.78 is 6.55. The molecule has 10 rings (SSSR count). The van der Waals surface area contributed by atoms with E-state index in [-0.39, 0.29) is 5.41 Å². The summed E-state index contributed by atoms with van der Waals surface area (Å²) in [6, 6.07) is 63.7. The van der Waals surface area contributed by atoms with Crippen LogP contribution in [0.3, 0.4) is 0 Å². The minimum absolute atomic E-state index is 0.168. The highest BCUT2D eigenvalue weighted by Gasteiger charge is 2.39. The normalized spacial score (nSPS) is 13.1. The summed E-state index contributed by atoms with van der Waals surface area (Å²) in [5, 5.41) is 4.68. The lowest BCUT2D eigenvalue weighted by Crippen LogP contribution is -2.17. The number of anilines is 3. The molecule has 1 aliphatic rings. The van der Waals surface area contributed by atoms with Crippen molar-refractivity contribution in [1.82, 2.24) is 0 Å². The number of benzene rings is 8. The van der Waals surface area contributed by atoms with Crippen LogP contribution in [0.2, 0.25) is 0 Å². The first-order valence-electron chi connectivity index (χ1n) is 17.7. The molecule has 0 spiro atoms. The molecule has 0 N–H and O–H groups in total. The summed E-state index contributed by atoms with van der Waals surface area (Å²) in [5.41, 5.74) is 15.0. The molecule has 0 amide bonds. The zero-order valence-electron chi connectivity index (χ0n) is 28.6. The van der Waals surface area contributed by atoms with Crippen molar-refractivity contribution < 1.29 is 4.42 Å². The third-order valence-electron chi connectivity index (χ3n) is 10.9. The van der Waals surface area contributed by atoms with Crippen LogP contribution < -0.4 is 4.90 Å². The van der Waals surface area contributed by atoms with Gasteiger partial charge in [-0.2, -0.15) is 0 Å². The molecule has 0 radical (unpaired) electrons. The largest absolute Gasteiger partial charge is 0.456 e. The van der Waals surface area contributed by atoms with Crippen molar-refractivity contribution in [2.24, 2.45) is 0 Å². The Morgan fingerprint density at radius 1 is 0.451 bits per heavy atom.